The SMILES string of the molecule is Cc1cc(F)ccc1NC(=O)NC1CCN(Cc2ccccc2)CC1. The van der Waals surface area contributed by atoms with Crippen LogP contribution in [0, 0.1) is 12.7 Å². The molecule has 2 aromatic rings. The molecule has 0 unspecified atom stereocenters. The van der Waals surface area contributed by atoms with E-state index in [9.17, 15) is 9.18 Å². The molecule has 0 aromatic heterocycles. The van der Waals surface area contributed by atoms with Gasteiger partial charge in [-0.15, -0.1) is 0 Å². The molecule has 2 N–H and O–H groups in total. The number of nitrogens with one attached hydrogen (secondary N) is 2. The number of aryl methyl sites for hydroxylation is 1. The molecular formula is C20H24FN3O. The molecule has 0 radical (unpaired) electrons. The van der Waals surface area contributed by atoms with Crippen LogP contribution in [0.2, 0.25) is 0 Å². The van der Waals surface area contributed by atoms with Gasteiger partial charge in [-0.2, -0.15) is 0 Å². The Morgan fingerprint density at radius 3 is 2.56 bits per heavy atom. The van der Waals surface area contributed by atoms with Crippen LogP contribution in [0.3, 0.4) is 0 Å². The van der Waals surface area contributed by atoms with Crippen molar-refractivity contribution in [1.29, 1.82) is 0 Å². The minimum Gasteiger partial charge on any atom is -0.335 e. The van der Waals surface area contributed by atoms with Crippen LogP contribution >= 0.6 is 0 Å². The summed E-state index contributed by atoms with van der Waals surface area (Å²) in [6, 6.07) is 14.7. The van der Waals surface area contributed by atoms with Gasteiger partial charge in [0.05, 0.1) is 0 Å². The van der Waals surface area contributed by atoms with Crippen molar-refractivity contribution >= 4 is 11.7 Å². The van der Waals surface area contributed by atoms with Crippen molar-refractivity contribution in [2.24, 2.45) is 0 Å². The zero-order chi connectivity index (χ0) is 17.6. The summed E-state index contributed by atoms with van der Waals surface area (Å²) in [5.74, 6) is -0.297. The standard InChI is InChI=1S/C20H24FN3O/c1-15-13-17(21)7-8-19(15)23-20(25)22-18-9-11-24(12-10-18)14-16-5-3-2-4-6-16/h2-8,13,18H,9-12,14H2,1H3,(H2,22,23,25). The maximum absolute atomic E-state index is 13.1. The molecule has 1 heterocycles. The van der Waals surface area contributed by atoms with Crippen molar-refractivity contribution in [2.75, 3.05) is 18.4 Å². The third-order valence-corrected chi connectivity index (χ3v) is 4.61. The molecule has 1 aliphatic heterocycles. The second-order valence-electron chi connectivity index (χ2n) is 6.59. The van der Waals surface area contributed by atoms with Crippen LogP contribution in [0.15, 0.2) is 48.5 Å². The molecule has 1 fully saturated rings. The van der Waals surface area contributed by atoms with E-state index in [-0.39, 0.29) is 17.9 Å². The van der Waals surface area contributed by atoms with Crippen LogP contribution in [0.5, 0.6) is 0 Å². The number of likely N-dealkylation sites (tertiary alicyclic amines) is 1. The minimum atomic E-state index is -0.297. The van der Waals surface area contributed by atoms with Gasteiger partial charge in [0.2, 0.25) is 0 Å². The van der Waals surface area contributed by atoms with Crippen LogP contribution in [-0.2, 0) is 6.54 Å². The number of anilines is 1. The van der Waals surface area contributed by atoms with Gasteiger partial charge in [-0.25, -0.2) is 9.18 Å². The van der Waals surface area contributed by atoms with E-state index in [4.69, 9.17) is 0 Å². The number of halogens is 1. The smallest absolute Gasteiger partial charge is 0.319 e. The molecule has 4 nitrogen and oxygen atoms in total. The second-order valence-corrected chi connectivity index (χ2v) is 6.59. The maximum atomic E-state index is 13.1. The molecular weight excluding hydrogens is 317 g/mol. The van der Waals surface area contributed by atoms with E-state index in [0.717, 1.165) is 32.5 Å². The number of piperidine rings is 1. The number of amides is 2. The Morgan fingerprint density at radius 2 is 1.88 bits per heavy atom. The minimum absolute atomic E-state index is 0.174. The van der Waals surface area contributed by atoms with Crippen molar-refractivity contribution in [3.8, 4) is 0 Å². The van der Waals surface area contributed by atoms with E-state index < -0.39 is 0 Å². The summed E-state index contributed by atoms with van der Waals surface area (Å²) in [5.41, 5.74) is 2.67. The predicted octanol–water partition coefficient (Wildman–Crippen LogP) is 3.92. The zero-order valence-corrected chi connectivity index (χ0v) is 14.5. The Hall–Kier alpha value is -2.40. The monoisotopic (exact) mass is 341 g/mol. The zero-order valence-electron chi connectivity index (χ0n) is 14.5. The predicted molar refractivity (Wildman–Crippen MR) is 98.0 cm³/mol. The summed E-state index contributed by atoms with van der Waals surface area (Å²) in [5, 5.41) is 5.83. The van der Waals surface area contributed by atoms with Crippen molar-refractivity contribution in [3.05, 3.63) is 65.5 Å². The molecule has 2 amide bonds. The molecule has 3 rings (SSSR count). The lowest BCUT2D eigenvalue weighted by Gasteiger charge is -2.32. The van der Waals surface area contributed by atoms with Crippen molar-refractivity contribution in [3.63, 3.8) is 0 Å². The maximum Gasteiger partial charge on any atom is 0.319 e. The lowest BCUT2D eigenvalue weighted by Crippen LogP contribution is -2.45. The topological polar surface area (TPSA) is 44.4 Å². The first kappa shape index (κ1) is 17.4. The lowest BCUT2D eigenvalue weighted by molar-refractivity contribution is 0.190. The summed E-state index contributed by atoms with van der Waals surface area (Å²) in [4.78, 5) is 14.6. The quantitative estimate of drug-likeness (QED) is 0.885. The second kappa shape index (κ2) is 8.12. The van der Waals surface area contributed by atoms with E-state index in [1.54, 1.807) is 13.0 Å². The molecule has 0 spiro atoms. The van der Waals surface area contributed by atoms with E-state index >= 15 is 0 Å². The number of carbonyl (C=O) groups is 1. The third kappa shape index (κ3) is 5.03. The summed E-state index contributed by atoms with van der Waals surface area (Å²) in [7, 11) is 0. The van der Waals surface area contributed by atoms with Crippen LogP contribution < -0.4 is 10.6 Å². The molecule has 25 heavy (non-hydrogen) atoms. The Balaban J connectivity index is 1.44. The highest BCUT2D eigenvalue weighted by Gasteiger charge is 2.20. The van der Waals surface area contributed by atoms with Crippen LogP contribution in [0.25, 0.3) is 0 Å². The number of rotatable bonds is 4. The molecule has 0 saturated carbocycles. The number of carbonyl (C=O) groups excluding carboxylic acids is 1. The van der Waals surface area contributed by atoms with Crippen LogP contribution in [-0.4, -0.2) is 30.1 Å². The highest BCUT2D eigenvalue weighted by atomic mass is 19.1. The summed E-state index contributed by atoms with van der Waals surface area (Å²) < 4.78 is 13.1. The number of nitrogens with zero attached hydrogens (tertiary/aromatic N) is 1. The normalized spacial score (nSPS) is 15.8. The lowest BCUT2D eigenvalue weighted by atomic mass is 10.0. The number of benzene rings is 2. The highest BCUT2D eigenvalue weighted by Crippen LogP contribution is 2.17. The fraction of sp³-hybridized carbons (Fsp3) is 0.350. The van der Waals surface area contributed by atoms with E-state index in [0.29, 0.717) is 11.3 Å². The number of hydrogen-bond acceptors (Lipinski definition) is 2. The molecule has 132 valence electrons. The van der Waals surface area contributed by atoms with Gasteiger partial charge in [-0.3, -0.25) is 4.90 Å². The highest BCUT2D eigenvalue weighted by molar-refractivity contribution is 5.90. The molecule has 0 aliphatic carbocycles. The van der Waals surface area contributed by atoms with E-state index in [2.05, 4.69) is 39.8 Å². The fourth-order valence-corrected chi connectivity index (χ4v) is 3.19. The van der Waals surface area contributed by atoms with Gasteiger partial charge in [0.15, 0.2) is 0 Å². The molecule has 1 aliphatic rings. The Labute approximate surface area is 148 Å². The molecule has 1 saturated heterocycles. The Kier molecular flexibility index (Phi) is 5.66. The molecule has 0 bridgehead atoms. The average Bonchev–Trinajstić information content (AvgIpc) is 2.60. The molecule has 0 atom stereocenters. The summed E-state index contributed by atoms with van der Waals surface area (Å²) >= 11 is 0. The van der Waals surface area contributed by atoms with Gasteiger partial charge < -0.3 is 10.6 Å². The Bertz CT molecular complexity index is 712. The summed E-state index contributed by atoms with van der Waals surface area (Å²) in [6.07, 6.45) is 1.87. The first-order valence-electron chi connectivity index (χ1n) is 8.70. The average molecular weight is 341 g/mol. The molecule has 5 heteroatoms. The third-order valence-electron chi connectivity index (χ3n) is 4.61. The largest absolute Gasteiger partial charge is 0.335 e. The number of hydrogen-bond donors (Lipinski definition) is 2. The van der Waals surface area contributed by atoms with Gasteiger partial charge in [0.25, 0.3) is 0 Å². The van der Waals surface area contributed by atoms with E-state index in [1.807, 2.05) is 6.07 Å². The number of urea groups is 1. The van der Waals surface area contributed by atoms with Gasteiger partial charge in [-0.05, 0) is 49.1 Å². The van der Waals surface area contributed by atoms with Gasteiger partial charge in [0.1, 0.15) is 5.82 Å². The van der Waals surface area contributed by atoms with E-state index in [1.165, 1.54) is 17.7 Å². The van der Waals surface area contributed by atoms with Crippen molar-refractivity contribution in [1.82, 2.24) is 10.2 Å². The summed E-state index contributed by atoms with van der Waals surface area (Å²) in [6.45, 7) is 4.67. The van der Waals surface area contributed by atoms with Crippen LogP contribution in [0.1, 0.15) is 24.0 Å². The first-order chi connectivity index (χ1) is 12.1. The van der Waals surface area contributed by atoms with Crippen LogP contribution in [0.4, 0.5) is 14.9 Å². The molecule has 2 aromatic carbocycles. The first-order valence-corrected chi connectivity index (χ1v) is 8.70. The van der Waals surface area contributed by atoms with Crippen molar-refractivity contribution < 1.29 is 9.18 Å². The van der Waals surface area contributed by atoms with Crippen molar-refractivity contribution in [2.45, 2.75) is 32.4 Å². The fourth-order valence-electron chi connectivity index (χ4n) is 3.19. The Morgan fingerprint density at radius 1 is 1.16 bits per heavy atom. The van der Waals surface area contributed by atoms with Gasteiger partial charge >= 0.3 is 6.03 Å². The van der Waals surface area contributed by atoms with Gasteiger partial charge in [-0.1, -0.05) is 30.3 Å². The van der Waals surface area contributed by atoms with Gasteiger partial charge in [0, 0.05) is 31.4 Å².